The van der Waals surface area contributed by atoms with Crippen molar-refractivity contribution < 1.29 is 8.78 Å². The first-order valence-corrected chi connectivity index (χ1v) is 11.6. The zero-order valence-electron chi connectivity index (χ0n) is 18.6. The van der Waals surface area contributed by atoms with Crippen LogP contribution >= 0.6 is 0 Å². The highest BCUT2D eigenvalue weighted by molar-refractivity contribution is 5.35. The van der Waals surface area contributed by atoms with Crippen LogP contribution < -0.4 is 0 Å². The number of hydrogen-bond donors (Lipinski definition) is 0. The van der Waals surface area contributed by atoms with E-state index in [1.54, 1.807) is 12.1 Å². The third kappa shape index (κ3) is 5.61. The van der Waals surface area contributed by atoms with Gasteiger partial charge >= 0.3 is 0 Å². The summed E-state index contributed by atoms with van der Waals surface area (Å²) in [6.45, 7) is 4.36. The van der Waals surface area contributed by atoms with Crippen LogP contribution in [0.25, 0.3) is 0 Å². The van der Waals surface area contributed by atoms with Gasteiger partial charge in [0.05, 0.1) is 0 Å². The number of hydrogen-bond acceptors (Lipinski definition) is 0. The molecule has 0 aliphatic heterocycles. The molecule has 0 saturated heterocycles. The van der Waals surface area contributed by atoms with Gasteiger partial charge in [0, 0.05) is 12.8 Å². The van der Waals surface area contributed by atoms with Crippen molar-refractivity contribution >= 4 is 0 Å². The fraction of sp³-hybridized carbons (Fsp3) is 0.379. The Bertz CT molecular complexity index is 994. The lowest BCUT2D eigenvalue weighted by atomic mass is 9.80. The van der Waals surface area contributed by atoms with Crippen LogP contribution in [-0.2, 0) is 19.3 Å². The largest absolute Gasteiger partial charge is 0.203 e. The van der Waals surface area contributed by atoms with E-state index in [0.717, 1.165) is 34.9 Å². The second-order valence-electron chi connectivity index (χ2n) is 9.50. The van der Waals surface area contributed by atoms with E-state index in [4.69, 9.17) is 0 Å². The Hall–Kier alpha value is -2.48. The Morgan fingerprint density at radius 3 is 1.61 bits per heavy atom. The van der Waals surface area contributed by atoms with Gasteiger partial charge in [0.25, 0.3) is 0 Å². The molecule has 4 rings (SSSR count). The van der Waals surface area contributed by atoms with Gasteiger partial charge in [-0.05, 0) is 65.8 Å². The molecule has 0 N–H and O–H groups in total. The molecule has 3 aromatic rings. The van der Waals surface area contributed by atoms with Crippen LogP contribution in [0.4, 0.5) is 8.78 Å². The quantitative estimate of drug-likeness (QED) is 0.383. The van der Waals surface area contributed by atoms with Gasteiger partial charge in [-0.2, -0.15) is 0 Å². The molecule has 0 spiro atoms. The summed E-state index contributed by atoms with van der Waals surface area (Å²) in [6.07, 6.45) is 7.27. The Balaban J connectivity index is 1.40. The summed E-state index contributed by atoms with van der Waals surface area (Å²) in [7, 11) is 0. The van der Waals surface area contributed by atoms with E-state index in [-0.39, 0.29) is 0 Å². The molecule has 0 amide bonds. The lowest BCUT2D eigenvalue weighted by Crippen LogP contribution is -2.14. The van der Waals surface area contributed by atoms with Crippen LogP contribution in [0.15, 0.2) is 60.7 Å². The number of halogens is 2. The normalized spacial score (nSPS) is 18.8. The van der Waals surface area contributed by atoms with Gasteiger partial charge < -0.3 is 0 Å². The molecular weight excluding hydrogens is 386 g/mol. The molecule has 1 aliphatic rings. The smallest absolute Gasteiger partial charge is 0.162 e. The van der Waals surface area contributed by atoms with Crippen LogP contribution in [0, 0.1) is 30.4 Å². The topological polar surface area (TPSA) is 0 Å². The second-order valence-corrected chi connectivity index (χ2v) is 9.50. The average molecular weight is 419 g/mol. The minimum Gasteiger partial charge on any atom is -0.203 e. The number of benzene rings is 3. The molecule has 1 saturated carbocycles. The SMILES string of the molecule is Cc1ccc(Cc2ccc(Cc3ccc(CC4CCC(C)CC4)cc3)c(F)c2F)cc1. The van der Waals surface area contributed by atoms with Gasteiger partial charge in [-0.1, -0.05) is 86.0 Å². The number of rotatable bonds is 6. The van der Waals surface area contributed by atoms with Crippen LogP contribution in [0.3, 0.4) is 0 Å². The maximum atomic E-state index is 14.8. The fourth-order valence-corrected chi connectivity index (χ4v) is 4.71. The number of aryl methyl sites for hydroxylation is 1. The molecule has 3 aromatic carbocycles. The van der Waals surface area contributed by atoms with E-state index in [1.807, 2.05) is 31.2 Å². The molecule has 0 aromatic heterocycles. The predicted molar refractivity (Wildman–Crippen MR) is 124 cm³/mol. The average Bonchev–Trinajstić information content (AvgIpc) is 2.78. The van der Waals surface area contributed by atoms with Gasteiger partial charge in [-0.3, -0.25) is 0 Å². The summed E-state index contributed by atoms with van der Waals surface area (Å²) >= 11 is 0. The van der Waals surface area contributed by atoms with Gasteiger partial charge in [0.15, 0.2) is 11.6 Å². The zero-order valence-corrected chi connectivity index (χ0v) is 18.6. The van der Waals surface area contributed by atoms with Gasteiger partial charge in [-0.15, -0.1) is 0 Å². The lowest BCUT2D eigenvalue weighted by molar-refractivity contribution is 0.289. The molecule has 0 heterocycles. The zero-order chi connectivity index (χ0) is 21.8. The summed E-state index contributed by atoms with van der Waals surface area (Å²) in [5.74, 6) is 0.220. The molecule has 0 bridgehead atoms. The minimum atomic E-state index is -0.721. The highest BCUT2D eigenvalue weighted by atomic mass is 19.2. The van der Waals surface area contributed by atoms with E-state index >= 15 is 0 Å². The Morgan fingerprint density at radius 2 is 1.10 bits per heavy atom. The molecule has 162 valence electrons. The van der Waals surface area contributed by atoms with E-state index in [9.17, 15) is 8.78 Å². The second kappa shape index (κ2) is 9.77. The monoisotopic (exact) mass is 418 g/mol. The van der Waals surface area contributed by atoms with E-state index < -0.39 is 11.6 Å². The summed E-state index contributed by atoms with van der Waals surface area (Å²) in [5.41, 5.74) is 5.33. The third-order valence-corrected chi connectivity index (χ3v) is 6.83. The first kappa shape index (κ1) is 21.7. The van der Waals surface area contributed by atoms with Crippen molar-refractivity contribution in [3.05, 3.63) is 106 Å². The van der Waals surface area contributed by atoms with Crippen molar-refractivity contribution in [2.75, 3.05) is 0 Å². The van der Waals surface area contributed by atoms with Crippen LogP contribution in [0.2, 0.25) is 0 Å². The van der Waals surface area contributed by atoms with Gasteiger partial charge in [0.2, 0.25) is 0 Å². The molecule has 2 heteroatoms. The standard InChI is InChI=1S/C29H32F2/c1-20-3-7-22(8-4-20)17-23-11-13-25(14-12-23)19-27-16-15-26(28(30)29(27)31)18-24-9-5-21(2)6-10-24/h5-6,9-16,20,22H,3-4,7-8,17-19H2,1-2H3. The fourth-order valence-electron chi connectivity index (χ4n) is 4.71. The van der Waals surface area contributed by atoms with Gasteiger partial charge in [-0.25, -0.2) is 8.78 Å². The molecule has 0 nitrogen and oxygen atoms in total. The van der Waals surface area contributed by atoms with Crippen molar-refractivity contribution in [2.45, 2.75) is 58.8 Å². The van der Waals surface area contributed by atoms with Crippen molar-refractivity contribution in [1.29, 1.82) is 0 Å². The Labute approximate surface area is 185 Å². The molecular formula is C29H32F2. The maximum absolute atomic E-state index is 14.8. The predicted octanol–water partition coefficient (Wildman–Crippen LogP) is 7.82. The van der Waals surface area contributed by atoms with Crippen molar-refractivity contribution in [3.63, 3.8) is 0 Å². The van der Waals surface area contributed by atoms with Crippen LogP contribution in [0.5, 0.6) is 0 Å². The van der Waals surface area contributed by atoms with Crippen molar-refractivity contribution in [2.24, 2.45) is 11.8 Å². The van der Waals surface area contributed by atoms with Crippen molar-refractivity contribution in [3.8, 4) is 0 Å². The summed E-state index contributed by atoms with van der Waals surface area (Å²) in [6, 6.07) is 19.8. The maximum Gasteiger partial charge on any atom is 0.162 e. The summed E-state index contributed by atoms with van der Waals surface area (Å²) in [4.78, 5) is 0. The molecule has 1 aliphatic carbocycles. The minimum absolute atomic E-state index is 0.401. The van der Waals surface area contributed by atoms with Crippen LogP contribution in [0.1, 0.15) is 66.0 Å². The molecule has 0 radical (unpaired) electrons. The first-order valence-electron chi connectivity index (χ1n) is 11.6. The first-order chi connectivity index (χ1) is 15.0. The molecule has 0 unspecified atom stereocenters. The van der Waals surface area contributed by atoms with Crippen LogP contribution in [-0.4, -0.2) is 0 Å². The van der Waals surface area contributed by atoms with E-state index in [2.05, 4.69) is 31.2 Å². The molecule has 1 fully saturated rings. The van der Waals surface area contributed by atoms with E-state index in [1.165, 1.54) is 31.2 Å². The molecule has 0 atom stereocenters. The molecule has 31 heavy (non-hydrogen) atoms. The summed E-state index contributed by atoms with van der Waals surface area (Å²) in [5, 5.41) is 0. The van der Waals surface area contributed by atoms with E-state index in [0.29, 0.717) is 24.0 Å². The summed E-state index contributed by atoms with van der Waals surface area (Å²) < 4.78 is 29.5. The Kier molecular flexibility index (Phi) is 6.85. The Morgan fingerprint density at radius 1 is 0.645 bits per heavy atom. The highest BCUT2D eigenvalue weighted by Crippen LogP contribution is 2.31. The van der Waals surface area contributed by atoms with Gasteiger partial charge in [0.1, 0.15) is 0 Å². The third-order valence-electron chi connectivity index (χ3n) is 6.83. The highest BCUT2D eigenvalue weighted by Gasteiger charge is 2.18. The van der Waals surface area contributed by atoms with Crippen molar-refractivity contribution in [1.82, 2.24) is 0 Å². The lowest BCUT2D eigenvalue weighted by Gasteiger charge is -2.26.